The minimum atomic E-state index is -5.84. The van der Waals surface area contributed by atoms with Crippen molar-refractivity contribution in [3.05, 3.63) is 40.6 Å². The molecule has 3 nitrogen and oxygen atoms in total. The summed E-state index contributed by atoms with van der Waals surface area (Å²) in [6.07, 6.45) is 2.08. The molecule has 90 valence electrons. The van der Waals surface area contributed by atoms with Gasteiger partial charge in [0.25, 0.3) is 0 Å². The van der Waals surface area contributed by atoms with Gasteiger partial charge in [-0.25, -0.2) is 0 Å². The molecule has 0 spiro atoms. The summed E-state index contributed by atoms with van der Waals surface area (Å²) >= 11 is 2.02. The average molecular weight is 260 g/mol. The van der Waals surface area contributed by atoms with Crippen LogP contribution in [0, 0.1) is 0 Å². The molecule has 0 heterocycles. The summed E-state index contributed by atoms with van der Waals surface area (Å²) in [7, 11) is -5.84. The van der Waals surface area contributed by atoms with E-state index < -0.39 is 15.6 Å². The Balaban J connectivity index is 0.000000304. The number of hydrogen-bond donors (Lipinski definition) is 1. The molecule has 0 atom stereocenters. The van der Waals surface area contributed by atoms with Gasteiger partial charge in [-0.3, -0.25) is 4.55 Å². The molecule has 0 amide bonds. The summed E-state index contributed by atoms with van der Waals surface area (Å²) in [4.78, 5) is 0. The Morgan fingerprint density at radius 1 is 1.18 bits per heavy atom. The van der Waals surface area contributed by atoms with E-state index in [9.17, 15) is 13.2 Å². The van der Waals surface area contributed by atoms with Crippen molar-refractivity contribution in [1.82, 2.24) is 0 Å². The van der Waals surface area contributed by atoms with E-state index in [0.29, 0.717) is 0 Å². The van der Waals surface area contributed by atoms with E-state index in [-0.39, 0.29) is 0 Å². The molecular formula is C9H8F3LiO3S. The van der Waals surface area contributed by atoms with E-state index in [4.69, 9.17) is 13.0 Å². The number of halogens is 3. The fourth-order valence-corrected chi connectivity index (χ4v) is 0.757. The van der Waals surface area contributed by atoms with Gasteiger partial charge in [0.05, 0.1) is 0 Å². The zero-order valence-corrected chi connectivity index (χ0v) is 9.66. The molecule has 0 aliphatic carbocycles. The third kappa shape index (κ3) is 7.23. The van der Waals surface area contributed by atoms with Crippen molar-refractivity contribution in [3.63, 3.8) is 0 Å². The number of rotatable bonds is 1. The van der Waals surface area contributed by atoms with Gasteiger partial charge in [0.15, 0.2) is 0 Å². The first kappa shape index (κ1) is 16.3. The Morgan fingerprint density at radius 2 is 1.59 bits per heavy atom. The van der Waals surface area contributed by atoms with Crippen molar-refractivity contribution < 1.29 is 26.1 Å². The fraction of sp³-hybridized carbons (Fsp3) is 0.111. The third-order valence-corrected chi connectivity index (χ3v) is 2.04. The molecule has 1 N–H and O–H groups in total. The van der Waals surface area contributed by atoms with Crippen LogP contribution in [-0.4, -0.2) is 36.2 Å². The standard InChI is InChI=1S/C8H7.CHF3O3S.Li/c1-2-8-6-4-3-5-7-8;2-1(3,4)8(5,6)7;/h1-7H;(H,5,6,7);. The molecule has 1 rings (SSSR count). The molecule has 17 heavy (non-hydrogen) atoms. The molecule has 0 saturated carbocycles. The number of hydrogen-bond acceptors (Lipinski definition) is 2. The molecule has 0 saturated heterocycles. The molecule has 8 heteroatoms. The molecule has 0 fully saturated rings. The predicted molar refractivity (Wildman–Crippen MR) is 58.8 cm³/mol. The zero-order valence-electron chi connectivity index (χ0n) is 8.85. The van der Waals surface area contributed by atoms with Crippen LogP contribution in [-0.2, 0) is 10.1 Å². The second-order valence-corrected chi connectivity index (χ2v) is 4.24. The van der Waals surface area contributed by atoms with Crippen molar-refractivity contribution in [1.29, 1.82) is 0 Å². The van der Waals surface area contributed by atoms with Gasteiger partial charge in [0.1, 0.15) is 0 Å². The average Bonchev–Trinajstić information content (AvgIpc) is 2.17. The normalized spacial score (nSPS) is 12.1. The molecule has 0 aliphatic rings. The van der Waals surface area contributed by atoms with Gasteiger partial charge < -0.3 is 0 Å². The van der Waals surface area contributed by atoms with Gasteiger partial charge in [0, 0.05) is 0 Å². The van der Waals surface area contributed by atoms with E-state index in [2.05, 4.69) is 18.2 Å². The van der Waals surface area contributed by atoms with Crippen LogP contribution in [0.25, 0.3) is 6.08 Å². The Labute approximate surface area is 106 Å². The van der Waals surface area contributed by atoms with Crippen molar-refractivity contribution in [2.45, 2.75) is 5.51 Å². The SMILES string of the molecule is O=S(=O)(O)C(F)(F)F.[Li][CH]=Cc1ccccc1. The molecule has 0 bridgehead atoms. The molecule has 0 aromatic heterocycles. The second-order valence-electron chi connectivity index (χ2n) is 2.83. The monoisotopic (exact) mass is 260 g/mol. The Morgan fingerprint density at radius 3 is 1.88 bits per heavy atom. The molecule has 1 aromatic carbocycles. The summed E-state index contributed by atoms with van der Waals surface area (Å²) in [5.41, 5.74) is -4.27. The summed E-state index contributed by atoms with van der Waals surface area (Å²) in [5.74, 6) is 0. The van der Waals surface area contributed by atoms with Crippen LogP contribution >= 0.6 is 0 Å². The maximum absolute atomic E-state index is 10.7. The topological polar surface area (TPSA) is 54.4 Å². The molecule has 0 unspecified atom stereocenters. The Hall–Kier alpha value is -0.743. The van der Waals surface area contributed by atoms with Crippen molar-refractivity contribution in [3.8, 4) is 0 Å². The molecular weight excluding hydrogens is 252 g/mol. The molecule has 0 radical (unpaired) electrons. The van der Waals surface area contributed by atoms with Gasteiger partial charge in [-0.2, -0.15) is 21.6 Å². The fourth-order valence-electron chi connectivity index (χ4n) is 0.757. The van der Waals surface area contributed by atoms with Crippen LogP contribution in [0.15, 0.2) is 35.1 Å². The van der Waals surface area contributed by atoms with Gasteiger partial charge in [0.2, 0.25) is 0 Å². The minimum absolute atomic E-state index is 1.26. The van der Waals surface area contributed by atoms with Crippen molar-refractivity contribution in [2.75, 3.05) is 0 Å². The van der Waals surface area contributed by atoms with Gasteiger partial charge >= 0.3 is 80.1 Å². The zero-order chi connectivity index (χ0) is 13.5. The van der Waals surface area contributed by atoms with Crippen LogP contribution in [0.2, 0.25) is 0 Å². The van der Waals surface area contributed by atoms with Gasteiger partial charge in [-0.05, 0) is 0 Å². The number of alkyl halides is 3. The summed E-state index contributed by atoms with van der Waals surface area (Å²) < 4.78 is 59.6. The molecule has 0 aliphatic heterocycles. The van der Waals surface area contributed by atoms with Gasteiger partial charge in [-0.1, -0.05) is 0 Å². The second kappa shape index (κ2) is 6.86. The molecule has 1 aromatic rings. The van der Waals surface area contributed by atoms with Gasteiger partial charge in [-0.15, -0.1) is 0 Å². The number of benzene rings is 1. The first-order valence-corrected chi connectivity index (χ1v) is 5.84. The first-order chi connectivity index (χ1) is 7.68. The Kier molecular flexibility index (Phi) is 6.56. The predicted octanol–water partition coefficient (Wildman–Crippen LogP) is 2.22. The van der Waals surface area contributed by atoms with Crippen LogP contribution < -0.4 is 0 Å². The van der Waals surface area contributed by atoms with E-state index >= 15 is 0 Å². The summed E-state index contributed by atoms with van der Waals surface area (Å²) in [6, 6.07) is 10.3. The van der Waals surface area contributed by atoms with E-state index in [1.54, 1.807) is 0 Å². The van der Waals surface area contributed by atoms with Crippen molar-refractivity contribution in [2.24, 2.45) is 0 Å². The van der Waals surface area contributed by atoms with Crippen molar-refractivity contribution >= 4 is 33.9 Å². The quantitative estimate of drug-likeness (QED) is 0.478. The van der Waals surface area contributed by atoms with E-state index in [0.717, 1.165) is 0 Å². The van der Waals surface area contributed by atoms with Crippen LogP contribution in [0.3, 0.4) is 0 Å². The van der Waals surface area contributed by atoms with Crippen LogP contribution in [0.4, 0.5) is 13.2 Å². The summed E-state index contributed by atoms with van der Waals surface area (Å²) in [5, 5.41) is 0. The first-order valence-electron chi connectivity index (χ1n) is 4.40. The third-order valence-electron chi connectivity index (χ3n) is 1.45. The Bertz CT molecular complexity index is 454. The maximum atomic E-state index is 10.7. The van der Waals surface area contributed by atoms with E-state index in [1.165, 1.54) is 5.56 Å². The summed E-state index contributed by atoms with van der Waals surface area (Å²) in [6.45, 7) is 0. The van der Waals surface area contributed by atoms with E-state index in [1.807, 2.05) is 40.7 Å². The van der Waals surface area contributed by atoms with Crippen LogP contribution in [0.5, 0.6) is 0 Å². The van der Waals surface area contributed by atoms with Crippen LogP contribution in [0.1, 0.15) is 5.56 Å².